The van der Waals surface area contributed by atoms with Gasteiger partial charge in [-0.1, -0.05) is 6.42 Å². The summed E-state index contributed by atoms with van der Waals surface area (Å²) in [6, 6.07) is 0.178. The Bertz CT molecular complexity index is 529. The van der Waals surface area contributed by atoms with Crippen molar-refractivity contribution in [2.75, 3.05) is 13.1 Å². The minimum Gasteiger partial charge on any atom is -0.340 e. The van der Waals surface area contributed by atoms with Gasteiger partial charge in [0.05, 0.1) is 18.3 Å². The number of hydrogen-bond acceptors (Lipinski definition) is 2. The molecule has 1 aromatic heterocycles. The van der Waals surface area contributed by atoms with E-state index in [2.05, 4.69) is 4.98 Å². The van der Waals surface area contributed by atoms with Crippen molar-refractivity contribution in [3.63, 3.8) is 0 Å². The van der Waals surface area contributed by atoms with E-state index in [-0.39, 0.29) is 24.8 Å². The maximum atomic E-state index is 12.9. The van der Waals surface area contributed by atoms with Crippen LogP contribution in [0.5, 0.6) is 0 Å². The Balaban J connectivity index is 1.63. The molecule has 0 aromatic carbocycles. The van der Waals surface area contributed by atoms with Crippen LogP contribution < -0.4 is 0 Å². The van der Waals surface area contributed by atoms with E-state index in [9.17, 15) is 18.0 Å². The zero-order valence-electron chi connectivity index (χ0n) is 13.0. The average molecular weight is 329 g/mol. The summed E-state index contributed by atoms with van der Waals surface area (Å²) < 4.78 is 40.8. The summed E-state index contributed by atoms with van der Waals surface area (Å²) in [7, 11) is 0. The van der Waals surface area contributed by atoms with E-state index in [0.29, 0.717) is 25.9 Å². The number of carbonyl (C=O) groups is 1. The number of nitrogens with zero attached hydrogens (tertiary/aromatic N) is 3. The molecule has 3 rings (SSSR count). The lowest BCUT2D eigenvalue weighted by atomic mass is 9.80. The summed E-state index contributed by atoms with van der Waals surface area (Å²) in [6.07, 6.45) is 4.16. The van der Waals surface area contributed by atoms with E-state index in [4.69, 9.17) is 0 Å². The van der Waals surface area contributed by atoms with Crippen molar-refractivity contribution in [2.45, 2.75) is 50.7 Å². The van der Waals surface area contributed by atoms with Crippen LogP contribution in [-0.4, -0.2) is 39.6 Å². The van der Waals surface area contributed by atoms with Crippen LogP contribution >= 0.6 is 0 Å². The highest BCUT2D eigenvalue weighted by molar-refractivity contribution is 5.79. The van der Waals surface area contributed by atoms with Gasteiger partial charge in [0.25, 0.3) is 0 Å². The topological polar surface area (TPSA) is 38.1 Å². The number of halogens is 3. The number of likely N-dealkylation sites (tertiary alicyclic amines) is 1. The fraction of sp³-hybridized carbons (Fsp3) is 0.750. The van der Waals surface area contributed by atoms with Crippen molar-refractivity contribution < 1.29 is 18.0 Å². The molecule has 2 heterocycles. The van der Waals surface area contributed by atoms with Crippen molar-refractivity contribution in [2.24, 2.45) is 11.8 Å². The maximum Gasteiger partial charge on any atom is 0.391 e. The molecule has 1 aliphatic heterocycles. The van der Waals surface area contributed by atoms with Crippen LogP contribution in [0.15, 0.2) is 18.7 Å². The lowest BCUT2D eigenvalue weighted by molar-refractivity contribution is -0.187. The monoisotopic (exact) mass is 329 g/mol. The Hall–Kier alpha value is -1.53. The molecule has 0 bridgehead atoms. The Kier molecular flexibility index (Phi) is 4.64. The highest BCUT2D eigenvalue weighted by Gasteiger charge is 2.44. The highest BCUT2D eigenvalue weighted by Crippen LogP contribution is 2.40. The van der Waals surface area contributed by atoms with Gasteiger partial charge in [-0.15, -0.1) is 0 Å². The molecule has 1 amide bonds. The molecule has 0 N–H and O–H groups in total. The second kappa shape index (κ2) is 6.53. The molecule has 1 aliphatic carbocycles. The van der Waals surface area contributed by atoms with E-state index in [1.54, 1.807) is 17.4 Å². The zero-order chi connectivity index (χ0) is 16.4. The number of rotatable bonds is 2. The second-order valence-electron chi connectivity index (χ2n) is 6.69. The summed E-state index contributed by atoms with van der Waals surface area (Å²) in [4.78, 5) is 18.5. The maximum absolute atomic E-state index is 12.9. The first kappa shape index (κ1) is 16.3. The number of piperidine rings is 1. The number of carbonyl (C=O) groups excluding carboxylic acids is 1. The van der Waals surface area contributed by atoms with Gasteiger partial charge in [-0.2, -0.15) is 13.2 Å². The Morgan fingerprint density at radius 3 is 2.70 bits per heavy atom. The smallest absolute Gasteiger partial charge is 0.340 e. The molecule has 4 nitrogen and oxygen atoms in total. The number of aromatic nitrogens is 2. The Labute approximate surface area is 133 Å². The van der Waals surface area contributed by atoms with Crippen molar-refractivity contribution in [1.29, 1.82) is 0 Å². The zero-order valence-corrected chi connectivity index (χ0v) is 13.0. The molecule has 3 atom stereocenters. The molecule has 2 fully saturated rings. The molecular weight excluding hydrogens is 307 g/mol. The van der Waals surface area contributed by atoms with Gasteiger partial charge < -0.3 is 9.47 Å². The predicted octanol–water partition coefficient (Wildman–Crippen LogP) is 3.42. The predicted molar refractivity (Wildman–Crippen MR) is 78.6 cm³/mol. The molecule has 1 aromatic rings. The quantitative estimate of drug-likeness (QED) is 0.834. The minimum atomic E-state index is -4.18. The van der Waals surface area contributed by atoms with Crippen molar-refractivity contribution in [3.8, 4) is 0 Å². The molecule has 0 unspecified atom stereocenters. The van der Waals surface area contributed by atoms with Crippen LogP contribution in [0.4, 0.5) is 13.2 Å². The Morgan fingerprint density at radius 1 is 1.17 bits per heavy atom. The van der Waals surface area contributed by atoms with Crippen molar-refractivity contribution in [3.05, 3.63) is 18.7 Å². The molecule has 2 aliphatic rings. The van der Waals surface area contributed by atoms with Crippen molar-refractivity contribution >= 4 is 5.91 Å². The molecule has 1 saturated carbocycles. The van der Waals surface area contributed by atoms with Crippen LogP contribution in [0.1, 0.15) is 44.6 Å². The van der Waals surface area contributed by atoms with E-state index < -0.39 is 18.0 Å². The van der Waals surface area contributed by atoms with Crippen LogP contribution in [-0.2, 0) is 4.79 Å². The largest absolute Gasteiger partial charge is 0.391 e. The minimum absolute atomic E-state index is 0.0470. The van der Waals surface area contributed by atoms with Gasteiger partial charge in [-0.25, -0.2) is 4.98 Å². The summed E-state index contributed by atoms with van der Waals surface area (Å²) in [5.74, 6) is -1.89. The van der Waals surface area contributed by atoms with E-state index in [1.165, 1.54) is 0 Å². The molecule has 23 heavy (non-hydrogen) atoms. The number of amides is 1. The van der Waals surface area contributed by atoms with Crippen LogP contribution in [0.3, 0.4) is 0 Å². The summed E-state index contributed by atoms with van der Waals surface area (Å²) >= 11 is 0. The number of imidazole rings is 1. The first-order chi connectivity index (χ1) is 10.9. The third-order valence-corrected chi connectivity index (χ3v) is 5.14. The van der Waals surface area contributed by atoms with Gasteiger partial charge in [0, 0.05) is 31.4 Å². The first-order valence-electron chi connectivity index (χ1n) is 8.28. The van der Waals surface area contributed by atoms with Crippen LogP contribution in [0.2, 0.25) is 0 Å². The third kappa shape index (κ3) is 3.70. The van der Waals surface area contributed by atoms with Gasteiger partial charge in [-0.05, 0) is 32.1 Å². The summed E-state index contributed by atoms with van der Waals surface area (Å²) in [5.41, 5.74) is 0. The third-order valence-electron chi connectivity index (χ3n) is 5.14. The van der Waals surface area contributed by atoms with Gasteiger partial charge in [-0.3, -0.25) is 4.79 Å². The Morgan fingerprint density at radius 2 is 2.00 bits per heavy atom. The normalized spacial score (nSPS) is 29.5. The van der Waals surface area contributed by atoms with Gasteiger partial charge >= 0.3 is 6.18 Å². The molecular formula is C16H22F3N3O. The first-order valence-corrected chi connectivity index (χ1v) is 8.28. The van der Waals surface area contributed by atoms with Crippen molar-refractivity contribution in [1.82, 2.24) is 14.5 Å². The molecule has 1 saturated heterocycles. The molecule has 0 spiro atoms. The molecule has 128 valence electrons. The van der Waals surface area contributed by atoms with Crippen LogP contribution in [0.25, 0.3) is 0 Å². The average Bonchev–Trinajstić information content (AvgIpc) is 3.08. The summed E-state index contributed by atoms with van der Waals surface area (Å²) in [6.45, 7) is 1.22. The number of alkyl halides is 3. The number of hydrogen-bond donors (Lipinski definition) is 0. The fourth-order valence-corrected chi connectivity index (χ4v) is 3.85. The lowest BCUT2D eigenvalue weighted by Gasteiger charge is -2.37. The van der Waals surface area contributed by atoms with Gasteiger partial charge in [0.15, 0.2) is 0 Å². The van der Waals surface area contributed by atoms with E-state index in [1.807, 2.05) is 10.8 Å². The second-order valence-corrected chi connectivity index (χ2v) is 6.69. The molecule has 0 radical (unpaired) electrons. The standard InChI is InChI=1S/C16H22F3N3O/c17-16(18,19)13-4-1-3-12(9-13)15(23)21-7-2-5-14(10-21)22-8-6-20-11-22/h6,8,11-14H,1-5,7,9-10H2/t12-,13-,14+/m1/s1. The van der Waals surface area contributed by atoms with Crippen LogP contribution in [0, 0.1) is 11.8 Å². The van der Waals surface area contributed by atoms with E-state index in [0.717, 1.165) is 12.8 Å². The van der Waals surface area contributed by atoms with Gasteiger partial charge in [0.2, 0.25) is 5.91 Å². The fourth-order valence-electron chi connectivity index (χ4n) is 3.85. The highest BCUT2D eigenvalue weighted by atomic mass is 19.4. The van der Waals surface area contributed by atoms with E-state index >= 15 is 0 Å². The summed E-state index contributed by atoms with van der Waals surface area (Å²) in [5, 5.41) is 0. The lowest BCUT2D eigenvalue weighted by Crippen LogP contribution is -2.45. The SMILES string of the molecule is O=C([C@@H]1CCC[C@@H](C(F)(F)F)C1)N1CCC[C@H](n2ccnc2)C1. The molecule has 7 heteroatoms. The van der Waals surface area contributed by atoms with Gasteiger partial charge in [0.1, 0.15) is 0 Å².